The average molecular weight is 198 g/mol. The van der Waals surface area contributed by atoms with Crippen LogP contribution < -0.4 is 0 Å². The van der Waals surface area contributed by atoms with Gasteiger partial charge < -0.3 is 9.84 Å². The van der Waals surface area contributed by atoms with E-state index >= 15 is 0 Å². The molecule has 0 amide bonds. The minimum atomic E-state index is -0.388. The van der Waals surface area contributed by atoms with Crippen LogP contribution in [-0.4, -0.2) is 23.9 Å². The Labute approximate surface area is 86.6 Å². The van der Waals surface area contributed by atoms with Gasteiger partial charge in [0, 0.05) is 12.5 Å². The van der Waals surface area contributed by atoms with Gasteiger partial charge in [0.1, 0.15) is 0 Å². The molecule has 2 nitrogen and oxygen atoms in total. The molecule has 3 atom stereocenters. The Hall–Kier alpha value is -0.0800. The van der Waals surface area contributed by atoms with Gasteiger partial charge in [-0.05, 0) is 38.0 Å². The number of ether oxygens (including phenoxy) is 1. The minimum Gasteiger partial charge on any atom is -0.390 e. The van der Waals surface area contributed by atoms with E-state index < -0.39 is 0 Å². The van der Waals surface area contributed by atoms with E-state index in [0.717, 1.165) is 44.8 Å². The molecule has 1 N–H and O–H groups in total. The van der Waals surface area contributed by atoms with Gasteiger partial charge in [0.05, 0.1) is 12.2 Å². The highest BCUT2D eigenvalue weighted by Crippen LogP contribution is 2.43. The lowest BCUT2D eigenvalue weighted by atomic mass is 9.81. The molecule has 2 rings (SSSR count). The molecule has 2 fully saturated rings. The number of aliphatic hydroxyl groups is 1. The molecule has 1 aliphatic heterocycles. The fourth-order valence-electron chi connectivity index (χ4n) is 3.04. The zero-order valence-electron chi connectivity index (χ0n) is 9.17. The van der Waals surface area contributed by atoms with Crippen LogP contribution in [0.5, 0.6) is 0 Å². The van der Waals surface area contributed by atoms with Gasteiger partial charge in [-0.1, -0.05) is 13.3 Å². The number of hydrogen-bond donors (Lipinski definition) is 1. The van der Waals surface area contributed by atoms with Crippen LogP contribution in [0.3, 0.4) is 0 Å². The maximum atomic E-state index is 10.5. The lowest BCUT2D eigenvalue weighted by molar-refractivity contribution is -0.0768. The van der Waals surface area contributed by atoms with E-state index in [1.54, 1.807) is 0 Å². The molecule has 0 radical (unpaired) electrons. The summed E-state index contributed by atoms with van der Waals surface area (Å²) in [4.78, 5) is 0. The molecular formula is C12H22O2. The van der Waals surface area contributed by atoms with Gasteiger partial charge >= 0.3 is 0 Å². The van der Waals surface area contributed by atoms with Crippen molar-refractivity contribution in [2.45, 2.75) is 51.0 Å². The Bertz CT molecular complexity index is 187. The predicted octanol–water partition coefficient (Wildman–Crippen LogP) is 2.35. The Kier molecular flexibility index (Phi) is 3.13. The lowest BCUT2D eigenvalue weighted by Gasteiger charge is -2.35. The molecule has 0 aromatic rings. The molecule has 1 aliphatic carbocycles. The molecule has 0 aromatic heterocycles. The van der Waals surface area contributed by atoms with Gasteiger partial charge in [-0.3, -0.25) is 0 Å². The normalized spacial score (nSPS) is 44.1. The molecular weight excluding hydrogens is 176 g/mol. The highest BCUT2D eigenvalue weighted by molar-refractivity contribution is 4.94. The van der Waals surface area contributed by atoms with Crippen molar-refractivity contribution in [1.29, 1.82) is 0 Å². The van der Waals surface area contributed by atoms with Gasteiger partial charge in [-0.25, -0.2) is 0 Å². The number of rotatable bonds is 2. The highest BCUT2D eigenvalue weighted by atomic mass is 16.5. The Morgan fingerprint density at radius 3 is 2.86 bits per heavy atom. The van der Waals surface area contributed by atoms with Crippen molar-refractivity contribution in [3.05, 3.63) is 0 Å². The van der Waals surface area contributed by atoms with E-state index in [9.17, 15) is 5.11 Å². The zero-order chi connectivity index (χ0) is 10.0. The van der Waals surface area contributed by atoms with E-state index in [1.807, 2.05) is 0 Å². The molecule has 14 heavy (non-hydrogen) atoms. The lowest BCUT2D eigenvalue weighted by Crippen LogP contribution is -2.40. The molecule has 2 aliphatic rings. The van der Waals surface area contributed by atoms with Crippen molar-refractivity contribution in [3.63, 3.8) is 0 Å². The van der Waals surface area contributed by atoms with Crippen LogP contribution in [0.25, 0.3) is 0 Å². The summed E-state index contributed by atoms with van der Waals surface area (Å²) >= 11 is 0. The van der Waals surface area contributed by atoms with E-state index in [0.29, 0.717) is 5.92 Å². The number of hydrogen-bond acceptors (Lipinski definition) is 2. The Balaban J connectivity index is 1.94. The first-order valence-electron chi connectivity index (χ1n) is 6.05. The van der Waals surface area contributed by atoms with Gasteiger partial charge in [0.15, 0.2) is 0 Å². The first-order valence-corrected chi connectivity index (χ1v) is 6.05. The van der Waals surface area contributed by atoms with Gasteiger partial charge in [-0.15, -0.1) is 0 Å². The van der Waals surface area contributed by atoms with Crippen molar-refractivity contribution in [1.82, 2.24) is 0 Å². The summed E-state index contributed by atoms with van der Waals surface area (Å²) in [6.45, 7) is 3.91. The van der Waals surface area contributed by atoms with E-state index in [2.05, 4.69) is 6.92 Å². The Morgan fingerprint density at radius 1 is 1.43 bits per heavy atom. The molecule has 1 saturated heterocycles. The summed E-state index contributed by atoms with van der Waals surface area (Å²) in [6.07, 6.45) is 6.73. The maximum Gasteiger partial charge on any atom is 0.0700 e. The summed E-state index contributed by atoms with van der Waals surface area (Å²) in [6, 6.07) is 0. The van der Waals surface area contributed by atoms with Crippen molar-refractivity contribution in [2.75, 3.05) is 13.2 Å². The highest BCUT2D eigenvalue weighted by Gasteiger charge is 2.43. The van der Waals surface area contributed by atoms with Crippen molar-refractivity contribution in [3.8, 4) is 0 Å². The van der Waals surface area contributed by atoms with Crippen LogP contribution in [0.4, 0.5) is 0 Å². The smallest absolute Gasteiger partial charge is 0.0700 e. The molecule has 0 aromatic carbocycles. The fourth-order valence-corrected chi connectivity index (χ4v) is 3.04. The zero-order valence-corrected chi connectivity index (χ0v) is 9.17. The van der Waals surface area contributed by atoms with Crippen molar-refractivity contribution >= 4 is 0 Å². The Morgan fingerprint density at radius 2 is 2.29 bits per heavy atom. The predicted molar refractivity (Wildman–Crippen MR) is 56.1 cm³/mol. The van der Waals surface area contributed by atoms with Crippen molar-refractivity contribution in [2.24, 2.45) is 11.8 Å². The first-order chi connectivity index (χ1) is 6.74. The molecule has 1 heterocycles. The van der Waals surface area contributed by atoms with Gasteiger partial charge in [-0.2, -0.15) is 0 Å². The summed E-state index contributed by atoms with van der Waals surface area (Å²) in [5, 5.41) is 10.5. The van der Waals surface area contributed by atoms with Crippen LogP contribution >= 0.6 is 0 Å². The van der Waals surface area contributed by atoms with E-state index in [-0.39, 0.29) is 5.60 Å². The topological polar surface area (TPSA) is 29.5 Å². The van der Waals surface area contributed by atoms with Crippen LogP contribution in [0.1, 0.15) is 45.4 Å². The van der Waals surface area contributed by atoms with Crippen LogP contribution in [0, 0.1) is 11.8 Å². The molecule has 0 spiro atoms. The third-order valence-corrected chi connectivity index (χ3v) is 4.13. The third-order valence-electron chi connectivity index (χ3n) is 4.13. The summed E-state index contributed by atoms with van der Waals surface area (Å²) in [5.74, 6) is 1.16. The van der Waals surface area contributed by atoms with E-state index in [4.69, 9.17) is 4.74 Å². The first kappa shape index (κ1) is 10.4. The van der Waals surface area contributed by atoms with E-state index in [1.165, 1.54) is 12.8 Å². The second-order valence-corrected chi connectivity index (χ2v) is 5.03. The molecule has 1 saturated carbocycles. The quantitative estimate of drug-likeness (QED) is 0.738. The summed E-state index contributed by atoms with van der Waals surface area (Å²) in [7, 11) is 0. The monoisotopic (exact) mass is 198 g/mol. The summed E-state index contributed by atoms with van der Waals surface area (Å²) < 4.78 is 5.47. The summed E-state index contributed by atoms with van der Waals surface area (Å²) in [5.41, 5.74) is -0.388. The van der Waals surface area contributed by atoms with Crippen LogP contribution in [-0.2, 0) is 4.74 Å². The van der Waals surface area contributed by atoms with Crippen LogP contribution in [0.15, 0.2) is 0 Å². The third kappa shape index (κ3) is 1.96. The van der Waals surface area contributed by atoms with Crippen LogP contribution in [0.2, 0.25) is 0 Å². The second kappa shape index (κ2) is 4.19. The standard InChI is InChI=1S/C12H22O2/c1-2-10-5-6-12(13,8-10)11-4-3-7-14-9-11/h10-11,13H,2-9H2,1H3. The molecule has 0 bridgehead atoms. The largest absolute Gasteiger partial charge is 0.390 e. The SMILES string of the molecule is CCC1CCC(O)(C2CCCOC2)C1. The van der Waals surface area contributed by atoms with Gasteiger partial charge in [0.2, 0.25) is 0 Å². The van der Waals surface area contributed by atoms with Crippen molar-refractivity contribution < 1.29 is 9.84 Å². The second-order valence-electron chi connectivity index (χ2n) is 5.03. The molecule has 2 heteroatoms. The fraction of sp³-hybridized carbons (Fsp3) is 1.00. The van der Waals surface area contributed by atoms with Gasteiger partial charge in [0.25, 0.3) is 0 Å². The molecule has 82 valence electrons. The minimum absolute atomic E-state index is 0.388. The average Bonchev–Trinajstić information content (AvgIpc) is 2.63. The molecule has 3 unspecified atom stereocenters. The maximum absolute atomic E-state index is 10.5.